The van der Waals surface area contributed by atoms with Crippen molar-refractivity contribution in [3.05, 3.63) is 49.7 Å². The van der Waals surface area contributed by atoms with E-state index in [1.807, 2.05) is 4.98 Å². The van der Waals surface area contributed by atoms with Crippen molar-refractivity contribution in [3.63, 3.8) is 0 Å². The van der Waals surface area contributed by atoms with Gasteiger partial charge < -0.3 is 20.9 Å². The SMILES string of the molecule is Nc1[nH]c(=O)c(C(=O)O)c(-c2ccc(Cl)c(Cl)c2)c1C(=O)O. The van der Waals surface area contributed by atoms with Gasteiger partial charge in [-0.25, -0.2) is 9.59 Å². The Labute approximate surface area is 132 Å². The van der Waals surface area contributed by atoms with Gasteiger partial charge in [-0.1, -0.05) is 29.3 Å². The molecule has 0 aliphatic rings. The minimum absolute atomic E-state index is 0.0747. The molecular formula is C13H8Cl2N2O5. The molecule has 0 atom stereocenters. The number of carboxylic acid groups (broad SMARTS) is 2. The number of hydrogen-bond donors (Lipinski definition) is 4. The summed E-state index contributed by atoms with van der Waals surface area (Å²) in [6.07, 6.45) is 0. The summed E-state index contributed by atoms with van der Waals surface area (Å²) < 4.78 is 0. The lowest BCUT2D eigenvalue weighted by Crippen LogP contribution is -2.24. The Morgan fingerprint density at radius 2 is 1.64 bits per heavy atom. The van der Waals surface area contributed by atoms with Gasteiger partial charge in [0.25, 0.3) is 5.56 Å². The van der Waals surface area contributed by atoms with Crippen LogP contribution in [0.4, 0.5) is 5.82 Å². The number of rotatable bonds is 3. The van der Waals surface area contributed by atoms with Crippen LogP contribution in [-0.4, -0.2) is 27.1 Å². The van der Waals surface area contributed by atoms with Crippen LogP contribution in [0.5, 0.6) is 0 Å². The Balaban J connectivity index is 2.98. The smallest absolute Gasteiger partial charge is 0.342 e. The Morgan fingerprint density at radius 3 is 2.14 bits per heavy atom. The minimum atomic E-state index is -1.59. The van der Waals surface area contributed by atoms with Gasteiger partial charge in [0.05, 0.1) is 10.0 Å². The van der Waals surface area contributed by atoms with E-state index in [-0.39, 0.29) is 21.2 Å². The molecule has 2 aromatic rings. The number of aromatic carboxylic acids is 2. The quantitative estimate of drug-likeness (QED) is 0.676. The maximum atomic E-state index is 11.8. The van der Waals surface area contributed by atoms with Crippen molar-refractivity contribution in [2.45, 2.75) is 0 Å². The number of halogens is 2. The van der Waals surface area contributed by atoms with Gasteiger partial charge in [0.2, 0.25) is 0 Å². The van der Waals surface area contributed by atoms with Gasteiger partial charge in [-0.2, -0.15) is 0 Å². The Kier molecular flexibility index (Phi) is 4.11. The molecule has 0 radical (unpaired) electrons. The number of benzene rings is 1. The van der Waals surface area contributed by atoms with E-state index in [4.69, 9.17) is 28.9 Å². The maximum absolute atomic E-state index is 11.8. The molecule has 0 fully saturated rings. The number of carbonyl (C=O) groups is 2. The average Bonchev–Trinajstić information content (AvgIpc) is 2.39. The molecule has 114 valence electrons. The van der Waals surface area contributed by atoms with Crippen molar-refractivity contribution in [3.8, 4) is 11.1 Å². The van der Waals surface area contributed by atoms with Crippen LogP contribution >= 0.6 is 23.2 Å². The standard InChI is InChI=1S/C13H8Cl2N2O5/c14-5-2-1-4(3-6(5)15)7-8(12(19)20)10(16)17-11(18)9(7)13(21)22/h1-3H,(H,19,20)(H,21,22)(H3,16,17,18). The lowest BCUT2D eigenvalue weighted by atomic mass is 9.95. The number of anilines is 1. The van der Waals surface area contributed by atoms with E-state index in [9.17, 15) is 24.6 Å². The van der Waals surface area contributed by atoms with Gasteiger partial charge >= 0.3 is 11.9 Å². The largest absolute Gasteiger partial charge is 0.478 e. The van der Waals surface area contributed by atoms with E-state index in [2.05, 4.69) is 0 Å². The van der Waals surface area contributed by atoms with Crippen LogP contribution in [0.25, 0.3) is 11.1 Å². The number of nitrogen functional groups attached to an aromatic ring is 1. The summed E-state index contributed by atoms with van der Waals surface area (Å²) in [7, 11) is 0. The monoisotopic (exact) mass is 342 g/mol. The zero-order valence-electron chi connectivity index (χ0n) is 10.7. The van der Waals surface area contributed by atoms with Gasteiger partial charge in [0.15, 0.2) is 0 Å². The second-order valence-corrected chi connectivity index (χ2v) is 5.05. The first kappa shape index (κ1) is 15.9. The molecule has 0 amide bonds. The average molecular weight is 343 g/mol. The highest BCUT2D eigenvalue weighted by Gasteiger charge is 2.26. The van der Waals surface area contributed by atoms with E-state index in [0.29, 0.717) is 0 Å². The molecule has 5 N–H and O–H groups in total. The summed E-state index contributed by atoms with van der Waals surface area (Å²) in [5.41, 5.74) is 2.98. The lowest BCUT2D eigenvalue weighted by Gasteiger charge is -2.12. The number of pyridine rings is 1. The van der Waals surface area contributed by atoms with E-state index in [1.54, 1.807) is 0 Å². The van der Waals surface area contributed by atoms with Crippen LogP contribution in [0.1, 0.15) is 20.7 Å². The molecule has 0 aliphatic heterocycles. The van der Waals surface area contributed by atoms with Gasteiger partial charge in [-0.3, -0.25) is 4.79 Å². The molecule has 7 nitrogen and oxygen atoms in total. The van der Waals surface area contributed by atoms with Crippen LogP contribution in [0.15, 0.2) is 23.0 Å². The van der Waals surface area contributed by atoms with Crippen LogP contribution in [0.3, 0.4) is 0 Å². The first-order chi connectivity index (χ1) is 10.2. The van der Waals surface area contributed by atoms with Crippen molar-refractivity contribution in [2.24, 2.45) is 0 Å². The van der Waals surface area contributed by atoms with Crippen molar-refractivity contribution < 1.29 is 19.8 Å². The van der Waals surface area contributed by atoms with Crippen molar-refractivity contribution in [1.82, 2.24) is 4.98 Å². The molecule has 0 unspecified atom stereocenters. The Morgan fingerprint density at radius 1 is 1.05 bits per heavy atom. The second-order valence-electron chi connectivity index (χ2n) is 4.23. The van der Waals surface area contributed by atoms with Crippen LogP contribution in [0, 0.1) is 0 Å². The molecule has 0 saturated carbocycles. The number of aromatic amines is 1. The molecule has 1 aromatic heterocycles. The van der Waals surface area contributed by atoms with Crippen molar-refractivity contribution in [1.29, 1.82) is 0 Å². The van der Waals surface area contributed by atoms with Gasteiger partial charge in [0.1, 0.15) is 16.9 Å². The lowest BCUT2D eigenvalue weighted by molar-refractivity contribution is 0.0695. The van der Waals surface area contributed by atoms with E-state index >= 15 is 0 Å². The molecule has 22 heavy (non-hydrogen) atoms. The van der Waals surface area contributed by atoms with Crippen LogP contribution in [-0.2, 0) is 0 Å². The minimum Gasteiger partial charge on any atom is -0.478 e. The Hall–Kier alpha value is -2.51. The highest BCUT2D eigenvalue weighted by atomic mass is 35.5. The molecule has 1 aromatic carbocycles. The molecule has 0 aliphatic carbocycles. The molecular weight excluding hydrogens is 335 g/mol. The Bertz CT molecular complexity index is 860. The first-order valence-corrected chi connectivity index (χ1v) is 6.47. The summed E-state index contributed by atoms with van der Waals surface area (Å²) >= 11 is 11.6. The molecule has 2 rings (SSSR count). The molecule has 0 bridgehead atoms. The van der Waals surface area contributed by atoms with Gasteiger partial charge in [0, 0.05) is 5.56 Å². The fourth-order valence-corrected chi connectivity index (χ4v) is 2.29. The topological polar surface area (TPSA) is 133 Å². The number of hydrogen-bond acceptors (Lipinski definition) is 4. The third-order valence-electron chi connectivity index (χ3n) is 2.88. The number of aromatic nitrogens is 1. The summed E-state index contributed by atoms with van der Waals surface area (Å²) in [5.74, 6) is -3.54. The second kappa shape index (κ2) is 5.70. The summed E-state index contributed by atoms with van der Waals surface area (Å²) in [6, 6.07) is 3.96. The number of nitrogens with two attached hydrogens (primary N) is 1. The molecule has 1 heterocycles. The highest BCUT2D eigenvalue weighted by molar-refractivity contribution is 6.42. The van der Waals surface area contributed by atoms with E-state index < -0.39 is 34.4 Å². The van der Waals surface area contributed by atoms with Gasteiger partial charge in [-0.05, 0) is 17.7 Å². The van der Waals surface area contributed by atoms with Crippen molar-refractivity contribution >= 4 is 41.0 Å². The summed E-state index contributed by atoms with van der Waals surface area (Å²) in [6.45, 7) is 0. The molecule has 0 saturated heterocycles. The summed E-state index contributed by atoms with van der Waals surface area (Å²) in [5, 5.41) is 18.8. The number of nitrogens with one attached hydrogen (secondary N) is 1. The molecule has 0 spiro atoms. The first-order valence-electron chi connectivity index (χ1n) is 5.71. The highest BCUT2D eigenvalue weighted by Crippen LogP contribution is 2.33. The number of carboxylic acids is 2. The van der Waals surface area contributed by atoms with E-state index in [1.165, 1.54) is 18.2 Å². The fourth-order valence-electron chi connectivity index (χ4n) is 1.99. The third kappa shape index (κ3) is 2.63. The zero-order valence-corrected chi connectivity index (χ0v) is 12.2. The van der Waals surface area contributed by atoms with Crippen molar-refractivity contribution in [2.75, 3.05) is 5.73 Å². The summed E-state index contributed by atoms with van der Waals surface area (Å²) in [4.78, 5) is 36.6. The number of H-pyrrole nitrogens is 1. The predicted octanol–water partition coefficient (Wildman–Crippen LogP) is 2.33. The van der Waals surface area contributed by atoms with Crippen LogP contribution in [0.2, 0.25) is 10.0 Å². The zero-order chi connectivity index (χ0) is 16.6. The third-order valence-corrected chi connectivity index (χ3v) is 3.62. The van der Waals surface area contributed by atoms with E-state index in [0.717, 1.165) is 0 Å². The molecule has 9 heteroatoms. The van der Waals surface area contributed by atoms with Crippen LogP contribution < -0.4 is 11.3 Å². The maximum Gasteiger partial charge on any atom is 0.342 e. The van der Waals surface area contributed by atoms with Gasteiger partial charge in [-0.15, -0.1) is 0 Å². The normalized spacial score (nSPS) is 10.5. The predicted molar refractivity (Wildman–Crippen MR) is 80.8 cm³/mol. The fraction of sp³-hybridized carbons (Fsp3) is 0.